The number of nitrogens with one attached hydrogen (secondary N) is 1. The third-order valence-electron chi connectivity index (χ3n) is 7.62. The van der Waals surface area contributed by atoms with E-state index in [1.807, 2.05) is 41.2 Å². The van der Waals surface area contributed by atoms with Crippen molar-refractivity contribution in [2.24, 2.45) is 5.41 Å². The van der Waals surface area contributed by atoms with E-state index < -0.39 is 0 Å². The lowest BCUT2D eigenvalue weighted by atomic mass is 9.59. The molecule has 2 heterocycles. The number of amides is 1. The van der Waals surface area contributed by atoms with Gasteiger partial charge in [0.1, 0.15) is 0 Å². The molecule has 154 valence electrons. The number of hydrogen-bond acceptors (Lipinski definition) is 4. The molecule has 1 aliphatic heterocycles. The Balaban J connectivity index is 1.19. The highest BCUT2D eigenvalue weighted by molar-refractivity contribution is 5.91. The van der Waals surface area contributed by atoms with E-state index in [0.29, 0.717) is 23.7 Å². The molecule has 2 aliphatic carbocycles. The molecule has 1 spiro atoms. The summed E-state index contributed by atoms with van der Waals surface area (Å²) in [5.41, 5.74) is 1.87. The summed E-state index contributed by atoms with van der Waals surface area (Å²) in [6.07, 6.45) is 12.4. The van der Waals surface area contributed by atoms with Gasteiger partial charge in [0.15, 0.2) is 5.69 Å². The van der Waals surface area contributed by atoms with Crippen LogP contribution in [-0.2, 0) is 6.54 Å². The Labute approximate surface area is 172 Å². The number of piperidine rings is 1. The fraction of sp³-hybridized carbons (Fsp3) is 0.609. The zero-order chi connectivity index (χ0) is 19.7. The molecule has 2 aromatic rings. The third kappa shape index (κ3) is 3.70. The number of benzene rings is 1. The molecule has 3 aliphatic rings. The Morgan fingerprint density at radius 1 is 1.07 bits per heavy atom. The van der Waals surface area contributed by atoms with Gasteiger partial charge in [-0.05, 0) is 62.6 Å². The molecular formula is C23H31N5O. The van der Waals surface area contributed by atoms with Crippen molar-refractivity contribution in [3.63, 3.8) is 0 Å². The molecule has 2 saturated carbocycles. The van der Waals surface area contributed by atoms with Crippen molar-refractivity contribution in [1.82, 2.24) is 25.2 Å². The van der Waals surface area contributed by atoms with Gasteiger partial charge in [0, 0.05) is 12.6 Å². The lowest BCUT2D eigenvalue weighted by Gasteiger charge is -2.54. The van der Waals surface area contributed by atoms with Crippen LogP contribution in [0.2, 0.25) is 0 Å². The summed E-state index contributed by atoms with van der Waals surface area (Å²) in [5, 5.41) is 11.5. The van der Waals surface area contributed by atoms with Crippen molar-refractivity contribution in [1.29, 1.82) is 0 Å². The van der Waals surface area contributed by atoms with Gasteiger partial charge in [0.2, 0.25) is 0 Å². The molecule has 6 heteroatoms. The van der Waals surface area contributed by atoms with E-state index in [-0.39, 0.29) is 5.91 Å². The van der Waals surface area contributed by atoms with Gasteiger partial charge in [-0.3, -0.25) is 4.79 Å². The fourth-order valence-corrected chi connectivity index (χ4v) is 5.68. The van der Waals surface area contributed by atoms with Crippen molar-refractivity contribution in [3.05, 3.63) is 47.8 Å². The number of carbonyl (C=O) groups excluding carboxylic acids is 1. The minimum Gasteiger partial charge on any atom is -0.347 e. The second kappa shape index (κ2) is 7.90. The number of aromatic nitrogens is 3. The van der Waals surface area contributed by atoms with Crippen LogP contribution in [0.5, 0.6) is 0 Å². The maximum atomic E-state index is 12.5. The van der Waals surface area contributed by atoms with Gasteiger partial charge in [-0.1, -0.05) is 48.4 Å². The molecular weight excluding hydrogens is 362 g/mol. The Morgan fingerprint density at radius 3 is 2.52 bits per heavy atom. The number of carbonyl (C=O) groups is 1. The zero-order valence-corrected chi connectivity index (χ0v) is 17.1. The highest BCUT2D eigenvalue weighted by Crippen LogP contribution is 2.56. The quantitative estimate of drug-likeness (QED) is 0.844. The van der Waals surface area contributed by atoms with Gasteiger partial charge in [-0.15, -0.1) is 5.10 Å². The number of nitrogens with zero attached hydrogens (tertiary/aromatic N) is 4. The number of hydrogen-bond donors (Lipinski definition) is 1. The molecule has 1 atom stereocenters. The zero-order valence-electron chi connectivity index (χ0n) is 17.1. The van der Waals surface area contributed by atoms with Gasteiger partial charge in [0.05, 0.1) is 12.2 Å². The monoisotopic (exact) mass is 393 g/mol. The van der Waals surface area contributed by atoms with Crippen LogP contribution >= 0.6 is 0 Å². The van der Waals surface area contributed by atoms with Gasteiger partial charge >= 0.3 is 0 Å². The summed E-state index contributed by atoms with van der Waals surface area (Å²) in [5.74, 6) is -0.149. The first kappa shape index (κ1) is 18.8. The van der Waals surface area contributed by atoms with Crippen LogP contribution in [0.3, 0.4) is 0 Å². The predicted octanol–water partition coefficient (Wildman–Crippen LogP) is 3.57. The van der Waals surface area contributed by atoms with E-state index in [1.165, 1.54) is 58.0 Å². The van der Waals surface area contributed by atoms with Crippen LogP contribution in [-0.4, -0.2) is 44.9 Å². The molecule has 1 amide bonds. The van der Waals surface area contributed by atoms with Crippen LogP contribution in [0.25, 0.3) is 0 Å². The normalized spacial score (nSPS) is 24.5. The Morgan fingerprint density at radius 2 is 1.83 bits per heavy atom. The van der Waals surface area contributed by atoms with Crippen molar-refractivity contribution in [2.45, 2.75) is 70.0 Å². The molecule has 1 aromatic heterocycles. The lowest BCUT2D eigenvalue weighted by molar-refractivity contribution is -0.0404. The summed E-state index contributed by atoms with van der Waals surface area (Å²) < 4.78 is 1.98. The molecule has 5 rings (SSSR count). The highest BCUT2D eigenvalue weighted by atomic mass is 16.2. The SMILES string of the molecule is O=C(NCc1ccccc1)c1cn(C2CCC23CCN(C2CCCC2)CC3)nn1. The molecule has 3 fully saturated rings. The fourth-order valence-electron chi connectivity index (χ4n) is 5.68. The van der Waals surface area contributed by atoms with Crippen molar-refractivity contribution < 1.29 is 4.79 Å². The van der Waals surface area contributed by atoms with Crippen LogP contribution in [0.15, 0.2) is 36.5 Å². The average Bonchev–Trinajstić information content (AvgIpc) is 3.45. The first-order valence-corrected chi connectivity index (χ1v) is 11.2. The van der Waals surface area contributed by atoms with Crippen LogP contribution in [0.4, 0.5) is 0 Å². The van der Waals surface area contributed by atoms with E-state index in [9.17, 15) is 4.79 Å². The molecule has 1 N–H and O–H groups in total. The van der Waals surface area contributed by atoms with Crippen LogP contribution in [0, 0.1) is 5.41 Å². The maximum Gasteiger partial charge on any atom is 0.273 e. The maximum absolute atomic E-state index is 12.5. The summed E-state index contributed by atoms with van der Waals surface area (Å²) in [4.78, 5) is 15.2. The summed E-state index contributed by atoms with van der Waals surface area (Å²) >= 11 is 0. The van der Waals surface area contributed by atoms with E-state index in [1.54, 1.807) is 0 Å². The first-order valence-electron chi connectivity index (χ1n) is 11.2. The second-order valence-electron chi connectivity index (χ2n) is 9.14. The van der Waals surface area contributed by atoms with Crippen molar-refractivity contribution in [2.75, 3.05) is 13.1 Å². The largest absolute Gasteiger partial charge is 0.347 e. The molecule has 0 radical (unpaired) electrons. The molecule has 1 aromatic carbocycles. The van der Waals surface area contributed by atoms with E-state index in [2.05, 4.69) is 20.5 Å². The van der Waals surface area contributed by atoms with Gasteiger partial charge in [-0.2, -0.15) is 0 Å². The number of likely N-dealkylation sites (tertiary alicyclic amines) is 1. The smallest absolute Gasteiger partial charge is 0.273 e. The van der Waals surface area contributed by atoms with Crippen molar-refractivity contribution >= 4 is 5.91 Å². The highest BCUT2D eigenvalue weighted by Gasteiger charge is 2.50. The van der Waals surface area contributed by atoms with E-state index in [4.69, 9.17) is 0 Å². The molecule has 29 heavy (non-hydrogen) atoms. The Kier molecular flexibility index (Phi) is 5.12. The van der Waals surface area contributed by atoms with Crippen LogP contribution < -0.4 is 5.32 Å². The molecule has 6 nitrogen and oxygen atoms in total. The lowest BCUT2D eigenvalue weighted by Crippen LogP contribution is -2.51. The summed E-state index contributed by atoms with van der Waals surface area (Å²) in [6.45, 7) is 2.96. The Bertz CT molecular complexity index is 834. The van der Waals surface area contributed by atoms with Gasteiger partial charge in [-0.25, -0.2) is 4.68 Å². The molecule has 1 saturated heterocycles. The van der Waals surface area contributed by atoms with E-state index >= 15 is 0 Å². The molecule has 0 bridgehead atoms. The van der Waals surface area contributed by atoms with Gasteiger partial charge < -0.3 is 10.2 Å². The molecule has 1 unspecified atom stereocenters. The Hall–Kier alpha value is -2.21. The van der Waals surface area contributed by atoms with Crippen LogP contribution in [0.1, 0.15) is 73.5 Å². The minimum atomic E-state index is -0.149. The third-order valence-corrected chi connectivity index (χ3v) is 7.62. The van der Waals surface area contributed by atoms with Crippen molar-refractivity contribution in [3.8, 4) is 0 Å². The minimum absolute atomic E-state index is 0.149. The average molecular weight is 394 g/mol. The summed E-state index contributed by atoms with van der Waals surface area (Å²) in [7, 11) is 0. The first-order chi connectivity index (χ1) is 14.2. The summed E-state index contributed by atoms with van der Waals surface area (Å²) in [6, 6.07) is 11.2. The standard InChI is InChI=1S/C23H31N5O/c29-22(24-16-18-6-2-1-3-7-18)20-17-28(26-25-20)21-10-11-23(21)12-14-27(15-13-23)19-8-4-5-9-19/h1-3,6-7,17,19,21H,4-5,8-16H2,(H,24,29). The predicted molar refractivity (Wildman–Crippen MR) is 111 cm³/mol. The van der Waals surface area contributed by atoms with Gasteiger partial charge in [0.25, 0.3) is 5.91 Å². The second-order valence-corrected chi connectivity index (χ2v) is 9.14. The topological polar surface area (TPSA) is 63.1 Å². The van der Waals surface area contributed by atoms with E-state index in [0.717, 1.165) is 18.0 Å². The number of rotatable bonds is 5.